The summed E-state index contributed by atoms with van der Waals surface area (Å²) in [6.07, 6.45) is 1.61. The highest BCUT2D eigenvalue weighted by molar-refractivity contribution is 14.1. The molecule has 6 heteroatoms. The molecule has 0 saturated carbocycles. The number of nitrogens with zero attached hydrogens (tertiary/aromatic N) is 2. The number of anilines is 1. The summed E-state index contributed by atoms with van der Waals surface area (Å²) in [5.41, 5.74) is 0. The van der Waals surface area contributed by atoms with Gasteiger partial charge in [-0.1, -0.05) is 0 Å². The molecule has 0 N–H and O–H groups in total. The minimum Gasteiger partial charge on any atom is -0.297 e. The van der Waals surface area contributed by atoms with E-state index in [2.05, 4.69) is 43.5 Å². The molecule has 2 heterocycles. The van der Waals surface area contributed by atoms with Gasteiger partial charge in [-0.3, -0.25) is 14.5 Å². The molecule has 0 unspecified atom stereocenters. The largest absolute Gasteiger partial charge is 0.297 e. The number of carbonyl (C=O) groups excluding carboxylic acids is 2. The van der Waals surface area contributed by atoms with Gasteiger partial charge in [0, 0.05) is 10.7 Å². The molecule has 0 aliphatic carbocycles. The van der Waals surface area contributed by atoms with Crippen molar-refractivity contribution < 1.29 is 9.59 Å². The first-order valence-corrected chi connectivity index (χ1v) is 6.08. The van der Waals surface area contributed by atoms with Crippen LogP contribution in [-0.4, -0.2) is 23.2 Å². The summed E-state index contributed by atoms with van der Waals surface area (Å²) >= 11 is 5.39. The molecular weight excluding hydrogens is 375 g/mol. The Morgan fingerprint density at radius 1 is 1.47 bits per heavy atom. The number of halogens is 2. The first-order chi connectivity index (χ1) is 7.08. The van der Waals surface area contributed by atoms with Gasteiger partial charge in [0.15, 0.2) is 5.78 Å². The van der Waals surface area contributed by atoms with Crippen molar-refractivity contribution in [3.63, 3.8) is 0 Å². The number of Topliss-reactive ketones (excluding diaryl/α,β-unsaturated/α-hetero) is 1. The zero-order chi connectivity index (χ0) is 11.0. The Bertz CT molecular complexity index is 450. The van der Waals surface area contributed by atoms with Crippen LogP contribution < -0.4 is 4.90 Å². The summed E-state index contributed by atoms with van der Waals surface area (Å²) in [5, 5.41) is 0. The van der Waals surface area contributed by atoms with Gasteiger partial charge in [0.05, 0.1) is 16.5 Å². The van der Waals surface area contributed by atoms with Gasteiger partial charge in [0.25, 0.3) is 0 Å². The van der Waals surface area contributed by atoms with Crippen LogP contribution in [0.1, 0.15) is 6.42 Å². The van der Waals surface area contributed by atoms with Crippen molar-refractivity contribution in [1.29, 1.82) is 0 Å². The van der Waals surface area contributed by atoms with Gasteiger partial charge in [-0.2, -0.15) is 0 Å². The lowest BCUT2D eigenvalue weighted by Crippen LogP contribution is -2.26. The van der Waals surface area contributed by atoms with E-state index in [1.807, 2.05) is 6.07 Å². The molecule has 1 aromatic heterocycles. The molecule has 1 fully saturated rings. The third kappa shape index (κ3) is 2.20. The smallest absolute Gasteiger partial charge is 0.236 e. The van der Waals surface area contributed by atoms with Gasteiger partial charge in [-0.15, -0.1) is 0 Å². The lowest BCUT2D eigenvalue weighted by Gasteiger charge is -2.14. The van der Waals surface area contributed by atoms with E-state index >= 15 is 0 Å². The minimum atomic E-state index is -0.173. The maximum atomic E-state index is 11.5. The lowest BCUT2D eigenvalue weighted by molar-refractivity contribution is -0.121. The molecule has 1 saturated heterocycles. The van der Waals surface area contributed by atoms with Gasteiger partial charge in [0.1, 0.15) is 5.82 Å². The SMILES string of the molecule is O=C1CC(=O)N(c2ncc(Br)cc2I)C1. The van der Waals surface area contributed by atoms with Crippen molar-refractivity contribution in [3.05, 3.63) is 20.3 Å². The van der Waals surface area contributed by atoms with E-state index < -0.39 is 0 Å². The van der Waals surface area contributed by atoms with Crippen LogP contribution >= 0.6 is 38.5 Å². The van der Waals surface area contributed by atoms with Gasteiger partial charge in [-0.25, -0.2) is 4.98 Å². The molecule has 2 rings (SSSR count). The van der Waals surface area contributed by atoms with Crippen LogP contribution in [0, 0.1) is 3.57 Å². The Morgan fingerprint density at radius 3 is 2.73 bits per heavy atom. The second kappa shape index (κ2) is 4.17. The van der Waals surface area contributed by atoms with Crippen molar-refractivity contribution in [1.82, 2.24) is 4.98 Å². The Morgan fingerprint density at radius 2 is 2.20 bits per heavy atom. The molecule has 4 nitrogen and oxygen atoms in total. The van der Waals surface area contributed by atoms with Crippen LogP contribution in [0.25, 0.3) is 0 Å². The Balaban J connectivity index is 2.38. The summed E-state index contributed by atoms with van der Waals surface area (Å²) in [6, 6.07) is 1.86. The topological polar surface area (TPSA) is 50.3 Å². The Hall–Kier alpha value is -0.500. The molecule has 1 aliphatic rings. The quantitative estimate of drug-likeness (QED) is 0.551. The second-order valence-electron chi connectivity index (χ2n) is 3.15. The number of amides is 1. The lowest BCUT2D eigenvalue weighted by atomic mass is 10.3. The van der Waals surface area contributed by atoms with Crippen molar-refractivity contribution in [2.75, 3.05) is 11.4 Å². The number of pyridine rings is 1. The van der Waals surface area contributed by atoms with Crippen LogP contribution in [0.3, 0.4) is 0 Å². The minimum absolute atomic E-state index is 0.00613. The highest BCUT2D eigenvalue weighted by atomic mass is 127. The maximum Gasteiger partial charge on any atom is 0.236 e. The molecule has 0 spiro atoms. The van der Waals surface area contributed by atoms with Gasteiger partial charge < -0.3 is 0 Å². The monoisotopic (exact) mass is 380 g/mol. The van der Waals surface area contributed by atoms with E-state index in [9.17, 15) is 9.59 Å². The fourth-order valence-electron chi connectivity index (χ4n) is 1.38. The van der Waals surface area contributed by atoms with E-state index in [1.54, 1.807) is 6.20 Å². The van der Waals surface area contributed by atoms with E-state index in [4.69, 9.17) is 0 Å². The molecule has 0 aromatic carbocycles. The Labute approximate surface area is 108 Å². The van der Waals surface area contributed by atoms with E-state index in [0.29, 0.717) is 5.82 Å². The molecule has 1 aliphatic heterocycles. The maximum absolute atomic E-state index is 11.5. The summed E-state index contributed by atoms with van der Waals surface area (Å²) in [6.45, 7) is 0.142. The van der Waals surface area contributed by atoms with E-state index in [1.165, 1.54) is 4.90 Å². The van der Waals surface area contributed by atoms with Crippen LogP contribution in [0.2, 0.25) is 0 Å². The first kappa shape index (κ1) is 11.0. The number of hydrogen-bond donors (Lipinski definition) is 0. The molecule has 0 atom stereocenters. The normalized spacial score (nSPS) is 16.3. The van der Waals surface area contributed by atoms with Crippen LogP contribution in [-0.2, 0) is 9.59 Å². The highest BCUT2D eigenvalue weighted by Crippen LogP contribution is 2.25. The third-order valence-electron chi connectivity index (χ3n) is 2.03. The fourth-order valence-corrected chi connectivity index (χ4v) is 2.91. The van der Waals surface area contributed by atoms with Gasteiger partial charge in [-0.05, 0) is 44.6 Å². The van der Waals surface area contributed by atoms with Crippen molar-refractivity contribution in [3.8, 4) is 0 Å². The molecule has 0 bridgehead atoms. The summed E-state index contributed by atoms with van der Waals surface area (Å²) in [4.78, 5) is 28.2. The fraction of sp³-hybridized carbons (Fsp3) is 0.222. The third-order valence-corrected chi connectivity index (χ3v) is 3.26. The summed E-state index contributed by atoms with van der Waals surface area (Å²) < 4.78 is 1.71. The standard InChI is InChI=1S/C9H6BrIN2O2/c10-5-1-7(11)9(12-3-5)13-4-6(14)2-8(13)15/h1,3H,2,4H2. The van der Waals surface area contributed by atoms with Crippen LogP contribution in [0.4, 0.5) is 5.82 Å². The van der Waals surface area contributed by atoms with Crippen LogP contribution in [0.5, 0.6) is 0 Å². The number of aromatic nitrogens is 1. The summed E-state index contributed by atoms with van der Waals surface area (Å²) in [7, 11) is 0. The van der Waals surface area contributed by atoms with Crippen molar-refractivity contribution in [2.24, 2.45) is 0 Å². The average Bonchev–Trinajstić information content (AvgIpc) is 2.45. The molecule has 0 radical (unpaired) electrons. The van der Waals surface area contributed by atoms with Crippen molar-refractivity contribution in [2.45, 2.75) is 6.42 Å². The zero-order valence-electron chi connectivity index (χ0n) is 7.54. The predicted molar refractivity (Wildman–Crippen MR) is 66.6 cm³/mol. The van der Waals surface area contributed by atoms with E-state index in [-0.39, 0.29) is 24.7 Å². The zero-order valence-corrected chi connectivity index (χ0v) is 11.3. The molecule has 78 valence electrons. The van der Waals surface area contributed by atoms with Gasteiger partial charge >= 0.3 is 0 Å². The predicted octanol–water partition coefficient (Wildman–Crippen LogP) is 1.75. The summed E-state index contributed by atoms with van der Waals surface area (Å²) in [5.74, 6) is 0.336. The number of carbonyl (C=O) groups is 2. The van der Waals surface area contributed by atoms with Crippen LogP contribution in [0.15, 0.2) is 16.7 Å². The second-order valence-corrected chi connectivity index (χ2v) is 5.23. The van der Waals surface area contributed by atoms with Crippen molar-refractivity contribution >= 4 is 56.0 Å². The van der Waals surface area contributed by atoms with Gasteiger partial charge in [0.2, 0.25) is 5.91 Å². The molecule has 15 heavy (non-hydrogen) atoms. The molecule has 1 amide bonds. The first-order valence-electron chi connectivity index (χ1n) is 4.21. The average molecular weight is 381 g/mol. The Kier molecular flexibility index (Phi) is 3.06. The van der Waals surface area contributed by atoms with E-state index in [0.717, 1.165) is 8.04 Å². The highest BCUT2D eigenvalue weighted by Gasteiger charge is 2.30. The number of ketones is 1. The molecule has 1 aromatic rings. The number of hydrogen-bond acceptors (Lipinski definition) is 3. The number of rotatable bonds is 1. The molecular formula is C9H6BrIN2O2.